The lowest BCUT2D eigenvalue weighted by atomic mass is 9.82. The summed E-state index contributed by atoms with van der Waals surface area (Å²) in [7, 11) is 0. The fourth-order valence-electron chi connectivity index (χ4n) is 3.69. The van der Waals surface area contributed by atoms with Crippen LogP contribution >= 0.6 is 0 Å². The summed E-state index contributed by atoms with van der Waals surface area (Å²) in [5, 5.41) is 9.14. The highest BCUT2D eigenvalue weighted by Crippen LogP contribution is 2.43. The number of aliphatic carboxylic acids is 1. The van der Waals surface area contributed by atoms with Crippen molar-refractivity contribution in [1.29, 1.82) is 0 Å². The van der Waals surface area contributed by atoms with Gasteiger partial charge in [-0.05, 0) is 38.0 Å². The van der Waals surface area contributed by atoms with Crippen molar-refractivity contribution in [3.05, 3.63) is 0 Å². The lowest BCUT2D eigenvalue weighted by Crippen LogP contribution is -2.39. The Kier molecular flexibility index (Phi) is 2.60. The Morgan fingerprint density at radius 2 is 1.94 bits per heavy atom. The summed E-state index contributed by atoms with van der Waals surface area (Å²) in [6.07, 6.45) is 6.83. The molecule has 17 heavy (non-hydrogen) atoms. The van der Waals surface area contributed by atoms with Crippen LogP contribution in [0.2, 0.25) is 0 Å². The Morgan fingerprint density at radius 3 is 2.47 bits per heavy atom. The van der Waals surface area contributed by atoms with Crippen LogP contribution in [0.5, 0.6) is 0 Å². The number of fused-ring (bicyclic) bond motifs is 2. The number of carboxylic acids is 1. The topological polar surface area (TPSA) is 57.6 Å². The molecule has 1 amide bonds. The number of rotatable bonds is 3. The van der Waals surface area contributed by atoms with Crippen LogP contribution in [0.4, 0.5) is 0 Å². The zero-order valence-electron chi connectivity index (χ0n) is 9.97. The lowest BCUT2D eigenvalue weighted by Gasteiger charge is -2.29. The van der Waals surface area contributed by atoms with E-state index >= 15 is 0 Å². The largest absolute Gasteiger partial charge is 0.481 e. The van der Waals surface area contributed by atoms with Crippen molar-refractivity contribution in [2.75, 3.05) is 0 Å². The molecule has 2 heterocycles. The normalized spacial score (nSPS) is 36.0. The van der Waals surface area contributed by atoms with Crippen LogP contribution in [-0.2, 0) is 9.59 Å². The summed E-state index contributed by atoms with van der Waals surface area (Å²) in [4.78, 5) is 25.2. The lowest BCUT2D eigenvalue weighted by molar-refractivity contribution is -0.143. The van der Waals surface area contributed by atoms with Crippen molar-refractivity contribution in [1.82, 2.24) is 4.90 Å². The maximum Gasteiger partial charge on any atom is 0.308 e. The second-order valence-electron chi connectivity index (χ2n) is 5.78. The Bertz CT molecular complexity index is 351. The minimum Gasteiger partial charge on any atom is -0.481 e. The molecular formula is C13H19NO3. The molecule has 0 radical (unpaired) electrons. The summed E-state index contributed by atoms with van der Waals surface area (Å²) in [5.41, 5.74) is 0. The van der Waals surface area contributed by atoms with Crippen molar-refractivity contribution in [3.63, 3.8) is 0 Å². The molecule has 2 aliphatic heterocycles. The SMILES string of the molecule is O=C(O)C1CC2CCC1N2C(=O)CC1CCC1. The fourth-order valence-corrected chi connectivity index (χ4v) is 3.69. The summed E-state index contributed by atoms with van der Waals surface area (Å²) >= 11 is 0. The maximum atomic E-state index is 12.2. The molecule has 1 aliphatic carbocycles. The monoisotopic (exact) mass is 237 g/mol. The van der Waals surface area contributed by atoms with Gasteiger partial charge in [0, 0.05) is 18.5 Å². The van der Waals surface area contributed by atoms with Gasteiger partial charge in [0.2, 0.25) is 5.91 Å². The van der Waals surface area contributed by atoms with Gasteiger partial charge < -0.3 is 10.0 Å². The molecule has 3 aliphatic rings. The van der Waals surface area contributed by atoms with Crippen LogP contribution in [0.1, 0.15) is 44.9 Å². The minimum absolute atomic E-state index is 0.00919. The van der Waals surface area contributed by atoms with E-state index in [1.54, 1.807) is 0 Å². The van der Waals surface area contributed by atoms with Gasteiger partial charge in [-0.3, -0.25) is 9.59 Å². The van der Waals surface area contributed by atoms with E-state index in [0.29, 0.717) is 18.8 Å². The highest BCUT2D eigenvalue weighted by atomic mass is 16.4. The second-order valence-corrected chi connectivity index (χ2v) is 5.78. The third-order valence-corrected chi connectivity index (χ3v) is 4.83. The maximum absolute atomic E-state index is 12.2. The Hall–Kier alpha value is -1.06. The third kappa shape index (κ3) is 1.74. The van der Waals surface area contributed by atoms with Gasteiger partial charge in [-0.15, -0.1) is 0 Å². The number of hydrogen-bond donors (Lipinski definition) is 1. The van der Waals surface area contributed by atoms with E-state index in [1.807, 2.05) is 4.90 Å². The van der Waals surface area contributed by atoms with Gasteiger partial charge in [0.25, 0.3) is 0 Å². The number of nitrogens with zero attached hydrogens (tertiary/aromatic N) is 1. The van der Waals surface area contributed by atoms with E-state index in [2.05, 4.69) is 0 Å². The van der Waals surface area contributed by atoms with Gasteiger partial charge >= 0.3 is 5.97 Å². The molecule has 3 rings (SSSR count). The first-order chi connectivity index (χ1) is 8.16. The van der Waals surface area contributed by atoms with Gasteiger partial charge in [-0.1, -0.05) is 6.42 Å². The van der Waals surface area contributed by atoms with Crippen molar-refractivity contribution < 1.29 is 14.7 Å². The smallest absolute Gasteiger partial charge is 0.308 e. The second kappa shape index (κ2) is 4.00. The molecule has 0 spiro atoms. The van der Waals surface area contributed by atoms with Crippen LogP contribution < -0.4 is 0 Å². The molecule has 2 saturated heterocycles. The van der Waals surface area contributed by atoms with Crippen LogP contribution in [0.3, 0.4) is 0 Å². The standard InChI is InChI=1S/C13H19NO3/c15-12(6-8-2-1-3-8)14-9-4-5-11(14)10(7-9)13(16)17/h8-11H,1-7H2,(H,16,17). The van der Waals surface area contributed by atoms with E-state index in [-0.39, 0.29) is 23.9 Å². The molecule has 3 unspecified atom stereocenters. The Balaban J connectivity index is 1.67. The summed E-state index contributed by atoms with van der Waals surface area (Å²) in [5.74, 6) is -0.241. The third-order valence-electron chi connectivity index (χ3n) is 4.83. The first-order valence-corrected chi connectivity index (χ1v) is 6.71. The first kappa shape index (κ1) is 11.1. The zero-order chi connectivity index (χ0) is 12.0. The average Bonchev–Trinajstić information content (AvgIpc) is 2.80. The molecule has 4 nitrogen and oxygen atoms in total. The van der Waals surface area contributed by atoms with Crippen LogP contribution in [0.15, 0.2) is 0 Å². The number of carbonyl (C=O) groups excluding carboxylic acids is 1. The molecule has 3 atom stereocenters. The quantitative estimate of drug-likeness (QED) is 0.811. The van der Waals surface area contributed by atoms with Gasteiger partial charge in [0.15, 0.2) is 0 Å². The van der Waals surface area contributed by atoms with Gasteiger partial charge in [0.1, 0.15) is 0 Å². The van der Waals surface area contributed by atoms with Crippen molar-refractivity contribution in [3.8, 4) is 0 Å². The number of carbonyl (C=O) groups is 2. The molecule has 0 aromatic carbocycles. The van der Waals surface area contributed by atoms with E-state index in [9.17, 15) is 9.59 Å². The molecule has 94 valence electrons. The van der Waals surface area contributed by atoms with Crippen LogP contribution in [0.25, 0.3) is 0 Å². The number of hydrogen-bond acceptors (Lipinski definition) is 2. The van der Waals surface area contributed by atoms with E-state index in [1.165, 1.54) is 19.3 Å². The van der Waals surface area contributed by atoms with Crippen molar-refractivity contribution in [2.24, 2.45) is 11.8 Å². The van der Waals surface area contributed by atoms with Crippen LogP contribution in [0, 0.1) is 11.8 Å². The first-order valence-electron chi connectivity index (χ1n) is 6.71. The highest BCUT2D eigenvalue weighted by Gasteiger charge is 2.51. The number of carboxylic acid groups (broad SMARTS) is 1. The van der Waals surface area contributed by atoms with Crippen LogP contribution in [-0.4, -0.2) is 34.0 Å². The van der Waals surface area contributed by atoms with E-state index in [4.69, 9.17) is 5.11 Å². The average molecular weight is 237 g/mol. The summed E-state index contributed by atoms with van der Waals surface area (Å²) in [6.45, 7) is 0. The highest BCUT2D eigenvalue weighted by molar-refractivity contribution is 5.80. The molecule has 3 fully saturated rings. The summed E-state index contributed by atoms with van der Waals surface area (Å²) < 4.78 is 0. The molecule has 1 N–H and O–H groups in total. The molecular weight excluding hydrogens is 218 g/mol. The Morgan fingerprint density at radius 1 is 1.18 bits per heavy atom. The fraction of sp³-hybridized carbons (Fsp3) is 0.846. The van der Waals surface area contributed by atoms with Gasteiger partial charge in [-0.2, -0.15) is 0 Å². The van der Waals surface area contributed by atoms with E-state index in [0.717, 1.165) is 12.8 Å². The van der Waals surface area contributed by atoms with Crippen molar-refractivity contribution in [2.45, 2.75) is 57.0 Å². The molecule has 1 saturated carbocycles. The predicted octanol–water partition coefficient (Wildman–Crippen LogP) is 1.64. The number of amides is 1. The zero-order valence-corrected chi connectivity index (χ0v) is 9.97. The molecule has 2 bridgehead atoms. The molecule has 0 aromatic heterocycles. The van der Waals surface area contributed by atoms with Crippen molar-refractivity contribution >= 4 is 11.9 Å². The molecule has 0 aromatic rings. The Labute approximate surface area is 101 Å². The predicted molar refractivity (Wildman–Crippen MR) is 61.4 cm³/mol. The van der Waals surface area contributed by atoms with Gasteiger partial charge in [-0.25, -0.2) is 0 Å². The minimum atomic E-state index is -0.723. The summed E-state index contributed by atoms with van der Waals surface area (Å²) in [6, 6.07) is 0.207. The van der Waals surface area contributed by atoms with E-state index < -0.39 is 5.97 Å². The molecule has 4 heteroatoms. The van der Waals surface area contributed by atoms with Gasteiger partial charge in [0.05, 0.1) is 5.92 Å².